The van der Waals surface area contributed by atoms with E-state index in [1.54, 1.807) is 6.21 Å². The van der Waals surface area contributed by atoms with Crippen molar-refractivity contribution in [1.29, 1.82) is 0 Å². The fraction of sp³-hybridized carbons (Fsp3) is 0.105. The van der Waals surface area contributed by atoms with E-state index in [1.165, 1.54) is 5.56 Å². The van der Waals surface area contributed by atoms with E-state index in [9.17, 15) is 0 Å². The van der Waals surface area contributed by atoms with Crippen LogP contribution in [0.4, 0.5) is 5.69 Å². The fourth-order valence-corrected chi connectivity index (χ4v) is 3.17. The number of aliphatic imine (C=N–C) groups is 1. The van der Waals surface area contributed by atoms with Crippen LogP contribution in [0, 0.1) is 13.8 Å². The zero-order valence-corrected chi connectivity index (χ0v) is 16.0. The minimum atomic E-state index is 0.730. The van der Waals surface area contributed by atoms with Gasteiger partial charge in [-0.2, -0.15) is 0 Å². The van der Waals surface area contributed by atoms with E-state index in [1.807, 2.05) is 37.3 Å². The van der Waals surface area contributed by atoms with Crippen LogP contribution >= 0.6 is 31.9 Å². The third kappa shape index (κ3) is 3.82. The van der Waals surface area contributed by atoms with Crippen molar-refractivity contribution in [1.82, 2.24) is 0 Å². The smallest absolute Gasteiger partial charge is 0.145 e. The molecule has 3 aromatic rings. The van der Waals surface area contributed by atoms with Crippen LogP contribution in [0.2, 0.25) is 0 Å². The Hall–Kier alpha value is -1.65. The standard InChI is InChI=1S/C19H15Br2NO/c1-12-3-6-16(18(21)9-12)19-8-5-15(23-19)11-22-14-4-7-17(20)13(2)10-14/h3-11H,1-2H3. The van der Waals surface area contributed by atoms with E-state index in [4.69, 9.17) is 4.42 Å². The number of furan rings is 1. The molecule has 0 aliphatic carbocycles. The molecule has 3 rings (SSSR count). The van der Waals surface area contributed by atoms with Gasteiger partial charge in [-0.1, -0.05) is 37.9 Å². The summed E-state index contributed by atoms with van der Waals surface area (Å²) >= 11 is 7.08. The molecule has 0 fully saturated rings. The molecule has 2 aromatic carbocycles. The summed E-state index contributed by atoms with van der Waals surface area (Å²) in [7, 11) is 0. The van der Waals surface area contributed by atoms with Crippen LogP contribution in [0.15, 0.2) is 66.9 Å². The van der Waals surface area contributed by atoms with Gasteiger partial charge in [0, 0.05) is 14.5 Å². The van der Waals surface area contributed by atoms with Gasteiger partial charge in [0.1, 0.15) is 11.5 Å². The third-order valence-electron chi connectivity index (χ3n) is 3.50. The highest BCUT2D eigenvalue weighted by Gasteiger charge is 2.07. The van der Waals surface area contributed by atoms with Crippen molar-refractivity contribution in [2.75, 3.05) is 0 Å². The van der Waals surface area contributed by atoms with Crippen molar-refractivity contribution >= 4 is 43.8 Å². The Morgan fingerprint density at radius 3 is 2.48 bits per heavy atom. The van der Waals surface area contributed by atoms with E-state index in [0.29, 0.717) is 0 Å². The van der Waals surface area contributed by atoms with E-state index in [0.717, 1.165) is 37.3 Å². The highest BCUT2D eigenvalue weighted by atomic mass is 79.9. The number of hydrogen-bond donors (Lipinski definition) is 0. The maximum absolute atomic E-state index is 5.88. The molecular formula is C19H15Br2NO. The van der Waals surface area contributed by atoms with Gasteiger partial charge in [-0.25, -0.2) is 0 Å². The topological polar surface area (TPSA) is 25.5 Å². The maximum Gasteiger partial charge on any atom is 0.145 e. The van der Waals surface area contributed by atoms with Crippen LogP contribution in [-0.2, 0) is 0 Å². The first-order valence-electron chi connectivity index (χ1n) is 7.19. The van der Waals surface area contributed by atoms with E-state index in [2.05, 4.69) is 62.0 Å². The van der Waals surface area contributed by atoms with Crippen molar-refractivity contribution in [2.45, 2.75) is 13.8 Å². The second-order valence-electron chi connectivity index (χ2n) is 5.38. The molecule has 116 valence electrons. The lowest BCUT2D eigenvalue weighted by Gasteiger charge is -2.02. The average molecular weight is 433 g/mol. The SMILES string of the molecule is Cc1ccc(-c2ccc(C=Nc3ccc(Br)c(C)c3)o2)c(Br)c1. The predicted molar refractivity (Wildman–Crippen MR) is 103 cm³/mol. The zero-order valence-electron chi connectivity index (χ0n) is 12.8. The van der Waals surface area contributed by atoms with Crippen molar-refractivity contribution in [3.05, 3.63) is 74.4 Å². The average Bonchev–Trinajstić information content (AvgIpc) is 2.97. The molecule has 0 radical (unpaired) electrons. The van der Waals surface area contributed by atoms with Crippen molar-refractivity contribution < 1.29 is 4.42 Å². The van der Waals surface area contributed by atoms with Gasteiger partial charge in [-0.05, 0) is 67.4 Å². The molecule has 0 amide bonds. The summed E-state index contributed by atoms with van der Waals surface area (Å²) in [5.74, 6) is 1.55. The van der Waals surface area contributed by atoms with Crippen molar-refractivity contribution in [3.63, 3.8) is 0 Å². The highest BCUT2D eigenvalue weighted by Crippen LogP contribution is 2.30. The molecule has 1 heterocycles. The summed E-state index contributed by atoms with van der Waals surface area (Å²) in [6, 6.07) is 16.1. The molecular weight excluding hydrogens is 418 g/mol. The molecule has 2 nitrogen and oxygen atoms in total. The second kappa shape index (κ2) is 6.85. The molecule has 0 saturated heterocycles. The quantitative estimate of drug-likeness (QED) is 0.416. The molecule has 1 aromatic heterocycles. The van der Waals surface area contributed by atoms with E-state index >= 15 is 0 Å². The van der Waals surface area contributed by atoms with Crippen molar-refractivity contribution in [3.8, 4) is 11.3 Å². The lowest BCUT2D eigenvalue weighted by Crippen LogP contribution is -1.79. The highest BCUT2D eigenvalue weighted by molar-refractivity contribution is 9.10. The monoisotopic (exact) mass is 431 g/mol. The molecule has 0 N–H and O–H groups in total. The summed E-state index contributed by atoms with van der Waals surface area (Å²) in [5, 5.41) is 0. The molecule has 4 heteroatoms. The minimum absolute atomic E-state index is 0.730. The lowest BCUT2D eigenvalue weighted by atomic mass is 10.1. The van der Waals surface area contributed by atoms with Gasteiger partial charge >= 0.3 is 0 Å². The summed E-state index contributed by atoms with van der Waals surface area (Å²) in [4.78, 5) is 4.47. The molecule has 0 unspecified atom stereocenters. The normalized spacial score (nSPS) is 11.3. The van der Waals surface area contributed by atoms with Crippen LogP contribution in [0.5, 0.6) is 0 Å². The molecule has 23 heavy (non-hydrogen) atoms. The number of benzene rings is 2. The molecule has 0 spiro atoms. The van der Waals surface area contributed by atoms with E-state index in [-0.39, 0.29) is 0 Å². The Balaban J connectivity index is 1.84. The second-order valence-corrected chi connectivity index (χ2v) is 7.09. The Kier molecular flexibility index (Phi) is 4.83. The van der Waals surface area contributed by atoms with Crippen LogP contribution in [-0.4, -0.2) is 6.21 Å². The fourth-order valence-electron chi connectivity index (χ4n) is 2.23. The largest absolute Gasteiger partial charge is 0.455 e. The van der Waals surface area contributed by atoms with Crippen LogP contribution in [0.25, 0.3) is 11.3 Å². The Morgan fingerprint density at radius 1 is 0.913 bits per heavy atom. The molecule has 0 aliphatic rings. The molecule has 0 bridgehead atoms. The van der Waals surface area contributed by atoms with Gasteiger partial charge in [0.25, 0.3) is 0 Å². The predicted octanol–water partition coefficient (Wildman–Crippen LogP) is 6.84. The summed E-state index contributed by atoms with van der Waals surface area (Å²) < 4.78 is 7.99. The zero-order chi connectivity index (χ0) is 16.4. The van der Waals surface area contributed by atoms with Gasteiger partial charge in [0.05, 0.1) is 11.9 Å². The van der Waals surface area contributed by atoms with Crippen LogP contribution < -0.4 is 0 Å². The van der Waals surface area contributed by atoms with Gasteiger partial charge in [0.15, 0.2) is 0 Å². The number of aryl methyl sites for hydroxylation is 2. The Bertz CT molecular complexity index is 881. The molecule has 0 atom stereocenters. The first-order valence-corrected chi connectivity index (χ1v) is 8.78. The van der Waals surface area contributed by atoms with Crippen LogP contribution in [0.1, 0.15) is 16.9 Å². The lowest BCUT2D eigenvalue weighted by molar-refractivity contribution is 0.575. The Labute approximate surface area is 152 Å². The van der Waals surface area contributed by atoms with Crippen molar-refractivity contribution in [2.24, 2.45) is 4.99 Å². The van der Waals surface area contributed by atoms with Gasteiger partial charge in [-0.15, -0.1) is 0 Å². The minimum Gasteiger partial charge on any atom is -0.455 e. The number of nitrogens with zero attached hydrogens (tertiary/aromatic N) is 1. The summed E-state index contributed by atoms with van der Waals surface area (Å²) in [6.45, 7) is 4.11. The van der Waals surface area contributed by atoms with Gasteiger partial charge in [0.2, 0.25) is 0 Å². The Morgan fingerprint density at radius 2 is 1.74 bits per heavy atom. The number of halogens is 2. The first-order chi connectivity index (χ1) is 11.0. The van der Waals surface area contributed by atoms with E-state index < -0.39 is 0 Å². The maximum atomic E-state index is 5.88. The number of rotatable bonds is 3. The molecule has 0 saturated carbocycles. The summed E-state index contributed by atoms with van der Waals surface area (Å²) in [6.07, 6.45) is 1.74. The third-order valence-corrected chi connectivity index (χ3v) is 5.05. The van der Waals surface area contributed by atoms with Crippen LogP contribution in [0.3, 0.4) is 0 Å². The number of hydrogen-bond acceptors (Lipinski definition) is 2. The summed E-state index contributed by atoms with van der Waals surface area (Å²) in [5.41, 5.74) is 4.30. The van der Waals surface area contributed by atoms with Gasteiger partial charge in [-0.3, -0.25) is 4.99 Å². The molecule has 0 aliphatic heterocycles. The van der Waals surface area contributed by atoms with Gasteiger partial charge < -0.3 is 4.42 Å². The first kappa shape index (κ1) is 16.2.